The van der Waals surface area contributed by atoms with Crippen LogP contribution in [0.15, 0.2) is 48.0 Å². The second kappa shape index (κ2) is 5.11. The summed E-state index contributed by atoms with van der Waals surface area (Å²) < 4.78 is 0. The lowest BCUT2D eigenvalue weighted by molar-refractivity contribution is 0.698. The van der Waals surface area contributed by atoms with E-state index in [2.05, 4.69) is 59.7 Å². The van der Waals surface area contributed by atoms with Gasteiger partial charge in [-0.2, -0.15) is 0 Å². The highest BCUT2D eigenvalue weighted by molar-refractivity contribution is 7.09. The zero-order valence-electron chi connectivity index (χ0n) is 11.1. The first kappa shape index (κ1) is 12.3. The smallest absolute Gasteiger partial charge is 0.0798 e. The van der Waals surface area contributed by atoms with Crippen molar-refractivity contribution in [1.29, 1.82) is 0 Å². The molecule has 0 fully saturated rings. The van der Waals surface area contributed by atoms with Crippen LogP contribution in [0.5, 0.6) is 0 Å². The Balaban J connectivity index is 2.09. The van der Waals surface area contributed by atoms with Gasteiger partial charge in [-0.15, -0.1) is 11.3 Å². The first-order valence-electron chi connectivity index (χ1n) is 6.35. The standard InChI is InChI=1S/C16H16N2S/c1-11-16(19-10-18-11)15(17-2)14-8-7-12-5-3-4-6-13(12)9-14/h3-10,15,17H,1-2H3. The van der Waals surface area contributed by atoms with Crippen molar-refractivity contribution in [1.82, 2.24) is 10.3 Å². The van der Waals surface area contributed by atoms with Gasteiger partial charge in [-0.3, -0.25) is 0 Å². The molecule has 0 saturated carbocycles. The number of fused-ring (bicyclic) bond motifs is 1. The van der Waals surface area contributed by atoms with Crippen LogP contribution in [-0.2, 0) is 0 Å². The predicted octanol–water partition coefficient (Wildman–Crippen LogP) is 3.91. The first-order chi connectivity index (χ1) is 9.29. The van der Waals surface area contributed by atoms with Gasteiger partial charge >= 0.3 is 0 Å². The van der Waals surface area contributed by atoms with E-state index in [-0.39, 0.29) is 6.04 Å². The number of rotatable bonds is 3. The van der Waals surface area contributed by atoms with Gasteiger partial charge in [-0.25, -0.2) is 4.98 Å². The lowest BCUT2D eigenvalue weighted by Crippen LogP contribution is -2.17. The topological polar surface area (TPSA) is 24.9 Å². The molecule has 0 radical (unpaired) electrons. The fourth-order valence-electron chi connectivity index (χ4n) is 2.42. The van der Waals surface area contributed by atoms with Gasteiger partial charge in [0.25, 0.3) is 0 Å². The van der Waals surface area contributed by atoms with Gasteiger partial charge in [-0.1, -0.05) is 36.4 Å². The van der Waals surface area contributed by atoms with E-state index in [1.807, 2.05) is 12.6 Å². The number of hydrogen-bond donors (Lipinski definition) is 1. The number of nitrogens with zero attached hydrogens (tertiary/aromatic N) is 1. The van der Waals surface area contributed by atoms with Crippen LogP contribution >= 0.6 is 11.3 Å². The Morgan fingerprint density at radius 1 is 1.11 bits per heavy atom. The third kappa shape index (κ3) is 2.27. The normalized spacial score (nSPS) is 12.7. The Bertz CT molecular complexity index is 703. The maximum Gasteiger partial charge on any atom is 0.0798 e. The molecule has 2 nitrogen and oxygen atoms in total. The Kier molecular flexibility index (Phi) is 3.32. The minimum Gasteiger partial charge on any atom is -0.309 e. The van der Waals surface area contributed by atoms with Crippen molar-refractivity contribution in [3.8, 4) is 0 Å². The summed E-state index contributed by atoms with van der Waals surface area (Å²) in [5, 5.41) is 5.96. The average Bonchev–Trinajstić information content (AvgIpc) is 2.86. The summed E-state index contributed by atoms with van der Waals surface area (Å²) in [6.45, 7) is 2.07. The summed E-state index contributed by atoms with van der Waals surface area (Å²) in [5.41, 5.74) is 4.31. The number of benzene rings is 2. The van der Waals surface area contributed by atoms with E-state index >= 15 is 0 Å². The second-order valence-corrected chi connectivity index (χ2v) is 5.52. The highest BCUT2D eigenvalue weighted by Gasteiger charge is 2.16. The van der Waals surface area contributed by atoms with E-state index in [9.17, 15) is 0 Å². The molecule has 0 amide bonds. The van der Waals surface area contributed by atoms with Crippen molar-refractivity contribution in [2.75, 3.05) is 7.05 Å². The SMILES string of the molecule is CNC(c1ccc2ccccc2c1)c1scnc1C. The summed E-state index contributed by atoms with van der Waals surface area (Å²) >= 11 is 1.71. The van der Waals surface area contributed by atoms with Crippen molar-refractivity contribution in [3.63, 3.8) is 0 Å². The van der Waals surface area contributed by atoms with E-state index in [1.165, 1.54) is 21.2 Å². The molecule has 3 rings (SSSR count). The fraction of sp³-hybridized carbons (Fsp3) is 0.188. The maximum absolute atomic E-state index is 4.35. The summed E-state index contributed by atoms with van der Waals surface area (Å²) in [5.74, 6) is 0. The quantitative estimate of drug-likeness (QED) is 0.779. The minimum absolute atomic E-state index is 0.220. The molecule has 2 aromatic carbocycles. The molecule has 1 aromatic heterocycles. The van der Waals surface area contributed by atoms with E-state index < -0.39 is 0 Å². The Morgan fingerprint density at radius 3 is 2.58 bits per heavy atom. The van der Waals surface area contributed by atoms with Crippen LogP contribution in [-0.4, -0.2) is 12.0 Å². The second-order valence-electron chi connectivity index (χ2n) is 4.63. The van der Waals surface area contributed by atoms with Crippen molar-refractivity contribution in [2.24, 2.45) is 0 Å². The Labute approximate surface area is 117 Å². The van der Waals surface area contributed by atoms with Crippen LogP contribution in [0.25, 0.3) is 10.8 Å². The highest BCUT2D eigenvalue weighted by Crippen LogP contribution is 2.29. The molecule has 1 N–H and O–H groups in total. The summed E-state index contributed by atoms with van der Waals surface area (Å²) in [4.78, 5) is 5.64. The van der Waals surface area contributed by atoms with Crippen molar-refractivity contribution < 1.29 is 0 Å². The maximum atomic E-state index is 4.35. The lowest BCUT2D eigenvalue weighted by Gasteiger charge is -2.16. The molecule has 3 heteroatoms. The molecule has 0 spiro atoms. The summed E-state index contributed by atoms with van der Waals surface area (Å²) in [6.07, 6.45) is 0. The van der Waals surface area contributed by atoms with Gasteiger partial charge in [0.2, 0.25) is 0 Å². The lowest BCUT2D eigenvalue weighted by atomic mass is 10.0. The van der Waals surface area contributed by atoms with Gasteiger partial charge in [0.15, 0.2) is 0 Å². The monoisotopic (exact) mass is 268 g/mol. The van der Waals surface area contributed by atoms with Crippen LogP contribution in [0.4, 0.5) is 0 Å². The van der Waals surface area contributed by atoms with Crippen LogP contribution < -0.4 is 5.32 Å². The molecule has 0 bridgehead atoms. The molecule has 0 aliphatic rings. The minimum atomic E-state index is 0.220. The van der Waals surface area contributed by atoms with Gasteiger partial charge in [0, 0.05) is 4.88 Å². The molecule has 0 aliphatic heterocycles. The number of hydrogen-bond acceptors (Lipinski definition) is 3. The largest absolute Gasteiger partial charge is 0.309 e. The summed E-state index contributed by atoms with van der Waals surface area (Å²) in [7, 11) is 2.00. The predicted molar refractivity (Wildman–Crippen MR) is 81.7 cm³/mol. The average molecular weight is 268 g/mol. The Morgan fingerprint density at radius 2 is 1.89 bits per heavy atom. The number of aryl methyl sites for hydroxylation is 1. The van der Waals surface area contributed by atoms with Crippen molar-refractivity contribution >= 4 is 22.1 Å². The molecule has 1 unspecified atom stereocenters. The van der Waals surface area contributed by atoms with Crippen LogP contribution in [0, 0.1) is 6.92 Å². The zero-order valence-corrected chi connectivity index (χ0v) is 11.9. The molecule has 0 saturated heterocycles. The summed E-state index contributed by atoms with van der Waals surface area (Å²) in [6, 6.07) is 15.3. The Hall–Kier alpha value is -1.71. The highest BCUT2D eigenvalue weighted by atomic mass is 32.1. The van der Waals surface area contributed by atoms with Gasteiger partial charge in [0.05, 0.1) is 17.2 Å². The van der Waals surface area contributed by atoms with Crippen LogP contribution in [0.3, 0.4) is 0 Å². The van der Waals surface area contributed by atoms with E-state index in [1.54, 1.807) is 11.3 Å². The van der Waals surface area contributed by atoms with E-state index in [4.69, 9.17) is 0 Å². The molecule has 1 atom stereocenters. The first-order valence-corrected chi connectivity index (χ1v) is 7.23. The van der Waals surface area contributed by atoms with E-state index in [0.717, 1.165) is 5.69 Å². The van der Waals surface area contributed by atoms with Crippen LogP contribution in [0.1, 0.15) is 22.2 Å². The molecule has 1 heterocycles. The number of aromatic nitrogens is 1. The molecule has 3 aromatic rings. The molecule has 19 heavy (non-hydrogen) atoms. The molecule has 0 aliphatic carbocycles. The molecule has 96 valence electrons. The fourth-order valence-corrected chi connectivity index (χ4v) is 3.36. The third-order valence-corrected chi connectivity index (χ3v) is 4.44. The molecular weight excluding hydrogens is 252 g/mol. The molecular formula is C16H16N2S. The zero-order chi connectivity index (χ0) is 13.2. The van der Waals surface area contributed by atoms with Gasteiger partial charge in [0.1, 0.15) is 0 Å². The van der Waals surface area contributed by atoms with Crippen molar-refractivity contribution in [2.45, 2.75) is 13.0 Å². The van der Waals surface area contributed by atoms with Crippen LogP contribution in [0.2, 0.25) is 0 Å². The van der Waals surface area contributed by atoms with Crippen molar-refractivity contribution in [3.05, 3.63) is 64.1 Å². The van der Waals surface area contributed by atoms with Gasteiger partial charge in [-0.05, 0) is 36.4 Å². The van der Waals surface area contributed by atoms with E-state index in [0.29, 0.717) is 0 Å². The van der Waals surface area contributed by atoms with Gasteiger partial charge < -0.3 is 5.32 Å². The number of nitrogens with one attached hydrogen (secondary N) is 1. The third-order valence-electron chi connectivity index (χ3n) is 3.44. The number of thiazole rings is 1.